The van der Waals surface area contributed by atoms with Crippen LogP contribution in [0.1, 0.15) is 47.7 Å². The Hall–Kier alpha value is -3.15. The van der Waals surface area contributed by atoms with Crippen molar-refractivity contribution >= 4 is 17.8 Å². The van der Waals surface area contributed by atoms with E-state index in [0.717, 1.165) is 31.4 Å². The summed E-state index contributed by atoms with van der Waals surface area (Å²) in [5.74, 6) is -0.679. The van der Waals surface area contributed by atoms with Gasteiger partial charge >= 0.3 is 5.97 Å². The molecule has 0 aromatic heterocycles. The molecule has 1 N–H and O–H groups in total. The highest BCUT2D eigenvalue weighted by Crippen LogP contribution is 2.15. The van der Waals surface area contributed by atoms with E-state index in [4.69, 9.17) is 4.74 Å². The van der Waals surface area contributed by atoms with Gasteiger partial charge < -0.3 is 15.0 Å². The average Bonchev–Trinajstić information content (AvgIpc) is 3.16. The van der Waals surface area contributed by atoms with Crippen LogP contribution in [-0.4, -0.2) is 41.9 Å². The quantitative estimate of drug-likeness (QED) is 0.647. The average molecular weight is 408 g/mol. The Morgan fingerprint density at radius 2 is 1.80 bits per heavy atom. The molecule has 1 aliphatic rings. The first-order valence-electron chi connectivity index (χ1n) is 10.4. The smallest absolute Gasteiger partial charge is 0.338 e. The third-order valence-corrected chi connectivity index (χ3v) is 5.19. The summed E-state index contributed by atoms with van der Waals surface area (Å²) in [5.41, 5.74) is 2.57. The summed E-state index contributed by atoms with van der Waals surface area (Å²) in [6.45, 7) is 2.96. The predicted octanol–water partition coefficient (Wildman–Crippen LogP) is 3.10. The van der Waals surface area contributed by atoms with E-state index in [1.54, 1.807) is 12.1 Å². The topological polar surface area (TPSA) is 75.7 Å². The van der Waals surface area contributed by atoms with Gasteiger partial charge in [-0.15, -0.1) is 0 Å². The summed E-state index contributed by atoms with van der Waals surface area (Å²) >= 11 is 0. The van der Waals surface area contributed by atoms with Crippen LogP contribution in [0.4, 0.5) is 0 Å². The Morgan fingerprint density at radius 3 is 2.47 bits per heavy atom. The van der Waals surface area contributed by atoms with Gasteiger partial charge in [0.05, 0.1) is 5.56 Å². The number of nitrogens with zero attached hydrogens (tertiary/aromatic N) is 1. The van der Waals surface area contributed by atoms with Gasteiger partial charge in [-0.25, -0.2) is 4.79 Å². The molecule has 0 unspecified atom stereocenters. The van der Waals surface area contributed by atoms with Gasteiger partial charge in [0, 0.05) is 25.6 Å². The summed E-state index contributed by atoms with van der Waals surface area (Å²) in [5, 5.41) is 2.86. The minimum Gasteiger partial charge on any atom is -0.452 e. The molecule has 1 atom stereocenters. The number of likely N-dealkylation sites (tertiary alicyclic amines) is 1. The van der Waals surface area contributed by atoms with E-state index in [1.807, 2.05) is 42.2 Å². The SMILES string of the molecule is C[C@H](CCc1ccccc1)NC(=O)COC(=O)c1ccc(CN2CCCC2=O)cc1. The Bertz CT molecular complexity index is 865. The lowest BCUT2D eigenvalue weighted by Gasteiger charge is -2.15. The lowest BCUT2D eigenvalue weighted by Crippen LogP contribution is -2.36. The van der Waals surface area contributed by atoms with Crippen LogP contribution in [0.5, 0.6) is 0 Å². The fourth-order valence-corrected chi connectivity index (χ4v) is 3.47. The fraction of sp³-hybridized carbons (Fsp3) is 0.375. The van der Waals surface area contributed by atoms with Gasteiger partial charge in [0.25, 0.3) is 5.91 Å². The molecule has 6 nitrogen and oxygen atoms in total. The zero-order chi connectivity index (χ0) is 21.3. The predicted molar refractivity (Wildman–Crippen MR) is 114 cm³/mol. The van der Waals surface area contributed by atoms with E-state index >= 15 is 0 Å². The number of carbonyl (C=O) groups is 3. The molecule has 1 heterocycles. The van der Waals surface area contributed by atoms with Crippen LogP contribution < -0.4 is 5.32 Å². The Balaban J connectivity index is 1.38. The second-order valence-electron chi connectivity index (χ2n) is 7.68. The van der Waals surface area contributed by atoms with Gasteiger partial charge in [0.15, 0.2) is 6.61 Å². The Kier molecular flexibility index (Phi) is 7.60. The lowest BCUT2D eigenvalue weighted by atomic mass is 10.1. The molecule has 2 aromatic carbocycles. The van der Waals surface area contributed by atoms with Crippen molar-refractivity contribution in [3.63, 3.8) is 0 Å². The van der Waals surface area contributed by atoms with Gasteiger partial charge in [0.2, 0.25) is 5.91 Å². The molecular formula is C24H28N2O4. The van der Waals surface area contributed by atoms with Crippen LogP contribution in [0.15, 0.2) is 54.6 Å². The number of esters is 1. The van der Waals surface area contributed by atoms with E-state index in [9.17, 15) is 14.4 Å². The molecule has 0 aliphatic carbocycles. The normalized spacial score (nSPS) is 14.4. The molecule has 0 bridgehead atoms. The zero-order valence-electron chi connectivity index (χ0n) is 17.3. The number of carbonyl (C=O) groups excluding carboxylic acids is 3. The number of hydrogen-bond acceptors (Lipinski definition) is 4. The van der Waals surface area contributed by atoms with E-state index in [1.165, 1.54) is 5.56 Å². The highest BCUT2D eigenvalue weighted by atomic mass is 16.5. The van der Waals surface area contributed by atoms with Crippen LogP contribution in [0, 0.1) is 0 Å². The molecule has 6 heteroatoms. The number of aryl methyl sites for hydroxylation is 1. The minimum atomic E-state index is -0.536. The van der Waals surface area contributed by atoms with Gasteiger partial charge in [-0.2, -0.15) is 0 Å². The summed E-state index contributed by atoms with van der Waals surface area (Å²) in [7, 11) is 0. The fourth-order valence-electron chi connectivity index (χ4n) is 3.47. The maximum atomic E-state index is 12.2. The number of amides is 2. The molecule has 30 heavy (non-hydrogen) atoms. The first-order valence-corrected chi connectivity index (χ1v) is 10.4. The third kappa shape index (κ3) is 6.44. The van der Waals surface area contributed by atoms with E-state index in [2.05, 4.69) is 17.4 Å². The van der Waals surface area contributed by atoms with E-state index < -0.39 is 5.97 Å². The zero-order valence-corrected chi connectivity index (χ0v) is 17.3. The second-order valence-corrected chi connectivity index (χ2v) is 7.68. The van der Waals surface area contributed by atoms with Crippen molar-refractivity contribution in [2.24, 2.45) is 0 Å². The molecule has 2 amide bonds. The molecule has 3 rings (SSSR count). The first kappa shape index (κ1) is 21.6. The molecule has 0 radical (unpaired) electrons. The monoisotopic (exact) mass is 408 g/mol. The van der Waals surface area contributed by atoms with Crippen LogP contribution in [0.25, 0.3) is 0 Å². The Morgan fingerprint density at radius 1 is 1.07 bits per heavy atom. The number of benzene rings is 2. The summed E-state index contributed by atoms with van der Waals surface area (Å²) in [4.78, 5) is 37.8. The van der Waals surface area contributed by atoms with Crippen molar-refractivity contribution in [2.75, 3.05) is 13.2 Å². The summed E-state index contributed by atoms with van der Waals surface area (Å²) in [6, 6.07) is 17.0. The highest BCUT2D eigenvalue weighted by molar-refractivity contribution is 5.91. The highest BCUT2D eigenvalue weighted by Gasteiger charge is 2.20. The van der Waals surface area contributed by atoms with Gasteiger partial charge in [-0.05, 0) is 49.4 Å². The number of nitrogens with one attached hydrogen (secondary N) is 1. The lowest BCUT2D eigenvalue weighted by molar-refractivity contribution is -0.128. The largest absolute Gasteiger partial charge is 0.452 e. The van der Waals surface area contributed by atoms with Crippen LogP contribution in [-0.2, 0) is 27.3 Å². The van der Waals surface area contributed by atoms with E-state index in [0.29, 0.717) is 18.5 Å². The molecule has 158 valence electrons. The van der Waals surface area contributed by atoms with Gasteiger partial charge in [0.1, 0.15) is 0 Å². The van der Waals surface area contributed by atoms with Gasteiger partial charge in [-0.1, -0.05) is 42.5 Å². The first-order chi connectivity index (χ1) is 14.5. The maximum absolute atomic E-state index is 12.2. The van der Waals surface area contributed by atoms with Crippen LogP contribution in [0.3, 0.4) is 0 Å². The molecule has 1 aliphatic heterocycles. The van der Waals surface area contributed by atoms with Crippen LogP contribution >= 0.6 is 0 Å². The molecule has 1 fully saturated rings. The molecule has 1 saturated heterocycles. The standard InChI is InChI=1S/C24H28N2O4/c1-18(9-10-19-6-3-2-4-7-19)25-22(27)17-30-24(29)21-13-11-20(12-14-21)16-26-15-5-8-23(26)28/h2-4,6-7,11-14,18H,5,8-10,15-17H2,1H3,(H,25,27)/t18-/m1/s1. The molecule has 0 spiro atoms. The molecule has 2 aromatic rings. The van der Waals surface area contributed by atoms with Crippen molar-refractivity contribution in [1.29, 1.82) is 0 Å². The van der Waals surface area contributed by atoms with Crippen molar-refractivity contribution in [3.8, 4) is 0 Å². The second kappa shape index (κ2) is 10.6. The number of rotatable bonds is 9. The van der Waals surface area contributed by atoms with Crippen molar-refractivity contribution in [1.82, 2.24) is 10.2 Å². The maximum Gasteiger partial charge on any atom is 0.338 e. The van der Waals surface area contributed by atoms with Crippen LogP contribution in [0.2, 0.25) is 0 Å². The molecular weight excluding hydrogens is 380 g/mol. The summed E-state index contributed by atoms with van der Waals surface area (Å²) in [6.07, 6.45) is 3.19. The third-order valence-electron chi connectivity index (χ3n) is 5.19. The minimum absolute atomic E-state index is 0.0102. The number of ether oxygens (including phenoxy) is 1. The van der Waals surface area contributed by atoms with Crippen molar-refractivity contribution < 1.29 is 19.1 Å². The van der Waals surface area contributed by atoms with E-state index in [-0.39, 0.29) is 24.5 Å². The van der Waals surface area contributed by atoms with Gasteiger partial charge in [-0.3, -0.25) is 9.59 Å². The Labute approximate surface area is 177 Å². The van der Waals surface area contributed by atoms with Crippen molar-refractivity contribution in [2.45, 2.75) is 45.2 Å². The number of hydrogen-bond donors (Lipinski definition) is 1. The van der Waals surface area contributed by atoms with Crippen molar-refractivity contribution in [3.05, 3.63) is 71.3 Å². The summed E-state index contributed by atoms with van der Waals surface area (Å²) < 4.78 is 5.13. The molecule has 0 saturated carbocycles.